The molecule has 0 spiro atoms. The van der Waals surface area contributed by atoms with Gasteiger partial charge < -0.3 is 5.32 Å². The van der Waals surface area contributed by atoms with Crippen molar-refractivity contribution >= 4 is 5.69 Å². The molecule has 4 nitrogen and oxygen atoms in total. The minimum Gasteiger partial charge on any atom is -0.314 e. The Bertz CT molecular complexity index is 423. The van der Waals surface area contributed by atoms with Crippen molar-refractivity contribution in [1.29, 1.82) is 0 Å². The van der Waals surface area contributed by atoms with E-state index in [1.807, 2.05) is 20.8 Å². The van der Waals surface area contributed by atoms with Crippen LogP contribution in [0.4, 0.5) is 10.1 Å². The van der Waals surface area contributed by atoms with Crippen molar-refractivity contribution in [3.8, 4) is 0 Å². The number of nitrogens with one attached hydrogen (secondary N) is 1. The van der Waals surface area contributed by atoms with Gasteiger partial charge in [0, 0.05) is 23.6 Å². The molecule has 2 unspecified atom stereocenters. The van der Waals surface area contributed by atoms with Gasteiger partial charge in [-0.15, -0.1) is 0 Å². The molecule has 0 aromatic heterocycles. The van der Waals surface area contributed by atoms with Crippen molar-refractivity contribution in [2.45, 2.75) is 39.2 Å². The van der Waals surface area contributed by atoms with Crippen LogP contribution in [0.15, 0.2) is 18.2 Å². The van der Waals surface area contributed by atoms with Crippen molar-refractivity contribution in [1.82, 2.24) is 5.32 Å². The van der Waals surface area contributed by atoms with Gasteiger partial charge in [0.1, 0.15) is 5.82 Å². The van der Waals surface area contributed by atoms with Crippen molar-refractivity contribution < 1.29 is 9.31 Å². The summed E-state index contributed by atoms with van der Waals surface area (Å²) < 4.78 is 13.3. The number of nitro groups is 1. The molecule has 2 atom stereocenters. The van der Waals surface area contributed by atoms with Gasteiger partial charge >= 0.3 is 0 Å². The molecule has 0 heterocycles. The first-order chi connectivity index (χ1) is 8.51. The van der Waals surface area contributed by atoms with Gasteiger partial charge in [-0.2, -0.15) is 0 Å². The number of halogens is 1. The smallest absolute Gasteiger partial charge is 0.273 e. The Labute approximate surface area is 106 Å². The number of nitro benzene ring substituents is 1. The molecule has 0 aliphatic heterocycles. The molecule has 0 bridgehead atoms. The Morgan fingerprint density at radius 2 is 2.11 bits per heavy atom. The third-order valence-electron chi connectivity index (χ3n) is 3.16. The van der Waals surface area contributed by atoms with Gasteiger partial charge in [0.05, 0.1) is 4.92 Å². The van der Waals surface area contributed by atoms with Crippen molar-refractivity contribution in [3.05, 3.63) is 39.7 Å². The number of hydrogen-bond donors (Lipinski definition) is 1. The highest BCUT2D eigenvalue weighted by molar-refractivity contribution is 5.43. The van der Waals surface area contributed by atoms with Crippen LogP contribution in [-0.2, 0) is 0 Å². The molecule has 0 radical (unpaired) electrons. The molecule has 18 heavy (non-hydrogen) atoms. The third-order valence-corrected chi connectivity index (χ3v) is 3.16. The molecule has 0 saturated carbocycles. The van der Waals surface area contributed by atoms with E-state index < -0.39 is 10.7 Å². The molecule has 1 rings (SSSR count). The fourth-order valence-corrected chi connectivity index (χ4v) is 2.30. The lowest BCUT2D eigenvalue weighted by molar-refractivity contribution is -0.385. The van der Waals surface area contributed by atoms with Crippen LogP contribution in [-0.4, -0.2) is 17.5 Å². The van der Waals surface area contributed by atoms with E-state index in [1.54, 1.807) is 0 Å². The van der Waals surface area contributed by atoms with E-state index in [4.69, 9.17) is 0 Å². The highest BCUT2D eigenvalue weighted by Gasteiger charge is 2.25. The molecule has 1 aromatic rings. The maximum absolute atomic E-state index is 13.3. The number of nitrogens with zero attached hydrogens (tertiary/aromatic N) is 1. The van der Waals surface area contributed by atoms with Gasteiger partial charge in [-0.05, 0) is 32.0 Å². The molecular formula is C13H19FN2O2. The van der Waals surface area contributed by atoms with Gasteiger partial charge in [0.15, 0.2) is 0 Å². The second kappa shape index (κ2) is 6.44. The lowest BCUT2D eigenvalue weighted by Crippen LogP contribution is -2.32. The summed E-state index contributed by atoms with van der Waals surface area (Å²) in [6.07, 6.45) is 0.721. The number of likely N-dealkylation sites (N-methyl/N-ethyl adjacent to an activating group) is 1. The largest absolute Gasteiger partial charge is 0.314 e. The van der Waals surface area contributed by atoms with Crippen LogP contribution in [0.1, 0.15) is 38.7 Å². The number of benzene rings is 1. The summed E-state index contributed by atoms with van der Waals surface area (Å²) in [5.74, 6) is -0.501. The highest BCUT2D eigenvalue weighted by atomic mass is 19.1. The Morgan fingerprint density at radius 1 is 1.44 bits per heavy atom. The zero-order chi connectivity index (χ0) is 13.7. The summed E-state index contributed by atoms with van der Waals surface area (Å²) in [6.45, 7) is 6.67. The molecule has 5 heteroatoms. The Morgan fingerprint density at radius 3 is 2.61 bits per heavy atom. The first-order valence-corrected chi connectivity index (χ1v) is 6.18. The molecule has 0 amide bonds. The zero-order valence-electron chi connectivity index (χ0n) is 10.9. The van der Waals surface area contributed by atoms with E-state index in [1.165, 1.54) is 12.1 Å². The maximum atomic E-state index is 13.3. The first-order valence-electron chi connectivity index (χ1n) is 6.18. The number of hydrogen-bond acceptors (Lipinski definition) is 3. The molecule has 1 N–H and O–H groups in total. The van der Waals surface area contributed by atoms with Crippen molar-refractivity contribution in [2.75, 3.05) is 6.54 Å². The van der Waals surface area contributed by atoms with Gasteiger partial charge in [-0.25, -0.2) is 4.39 Å². The van der Waals surface area contributed by atoms with Gasteiger partial charge in [-0.3, -0.25) is 10.1 Å². The maximum Gasteiger partial charge on any atom is 0.273 e. The normalized spacial score (nSPS) is 14.2. The Balaban J connectivity index is 3.18. The van der Waals surface area contributed by atoms with Gasteiger partial charge in [-0.1, -0.05) is 13.8 Å². The summed E-state index contributed by atoms with van der Waals surface area (Å²) in [5, 5.41) is 14.2. The van der Waals surface area contributed by atoms with Crippen LogP contribution in [0.5, 0.6) is 0 Å². The van der Waals surface area contributed by atoms with Crippen LogP contribution in [0.25, 0.3) is 0 Å². The van der Waals surface area contributed by atoms with E-state index in [0.717, 1.165) is 19.0 Å². The van der Waals surface area contributed by atoms with Crippen molar-refractivity contribution in [3.63, 3.8) is 0 Å². The van der Waals surface area contributed by atoms with Crippen LogP contribution < -0.4 is 5.32 Å². The Hall–Kier alpha value is -1.49. The molecular weight excluding hydrogens is 235 g/mol. The predicted octanol–water partition coefficient (Wildman–Crippen LogP) is 3.23. The lowest BCUT2D eigenvalue weighted by Gasteiger charge is -2.23. The Kier molecular flexibility index (Phi) is 5.22. The van der Waals surface area contributed by atoms with E-state index in [2.05, 4.69) is 5.32 Å². The molecule has 0 aliphatic carbocycles. The molecule has 0 saturated heterocycles. The topological polar surface area (TPSA) is 55.2 Å². The van der Waals surface area contributed by atoms with Crippen LogP contribution >= 0.6 is 0 Å². The average Bonchev–Trinajstić information content (AvgIpc) is 2.30. The quantitative estimate of drug-likeness (QED) is 0.626. The molecule has 1 aromatic carbocycles. The lowest BCUT2D eigenvalue weighted by atomic mass is 9.88. The standard InChI is InChI=1S/C13H19FN2O2/c1-4-11(9(3)15-5-2)12-8-10(14)6-7-13(12)16(17)18/h6-9,11,15H,4-5H2,1-3H3. The van der Waals surface area contributed by atoms with Crippen LogP contribution in [0.3, 0.4) is 0 Å². The highest BCUT2D eigenvalue weighted by Crippen LogP contribution is 2.31. The summed E-state index contributed by atoms with van der Waals surface area (Å²) in [6, 6.07) is 3.72. The fraction of sp³-hybridized carbons (Fsp3) is 0.538. The van der Waals surface area contributed by atoms with Crippen molar-refractivity contribution in [2.24, 2.45) is 0 Å². The SMILES string of the molecule is CCNC(C)C(CC)c1cc(F)ccc1[N+](=O)[O-]. The minimum absolute atomic E-state index is 0.00648. The summed E-state index contributed by atoms with van der Waals surface area (Å²) in [5.41, 5.74) is 0.462. The van der Waals surface area contributed by atoms with E-state index in [0.29, 0.717) is 5.56 Å². The van der Waals surface area contributed by atoms with Crippen LogP contribution in [0.2, 0.25) is 0 Å². The first kappa shape index (κ1) is 14.6. The fourth-order valence-electron chi connectivity index (χ4n) is 2.30. The average molecular weight is 254 g/mol. The predicted molar refractivity (Wildman–Crippen MR) is 69.2 cm³/mol. The van der Waals surface area contributed by atoms with E-state index >= 15 is 0 Å². The van der Waals surface area contributed by atoms with Crippen LogP contribution in [0, 0.1) is 15.9 Å². The summed E-state index contributed by atoms with van der Waals surface area (Å²) >= 11 is 0. The monoisotopic (exact) mass is 254 g/mol. The van der Waals surface area contributed by atoms with E-state index in [-0.39, 0.29) is 17.6 Å². The summed E-state index contributed by atoms with van der Waals surface area (Å²) in [7, 11) is 0. The van der Waals surface area contributed by atoms with Gasteiger partial charge in [0.25, 0.3) is 5.69 Å². The zero-order valence-corrected chi connectivity index (χ0v) is 10.9. The number of rotatable bonds is 6. The molecule has 100 valence electrons. The van der Waals surface area contributed by atoms with Gasteiger partial charge in [0.2, 0.25) is 0 Å². The molecule has 0 aliphatic rings. The minimum atomic E-state index is -0.448. The second-order valence-corrected chi connectivity index (χ2v) is 4.32. The molecule has 0 fully saturated rings. The third kappa shape index (κ3) is 3.26. The van der Waals surface area contributed by atoms with E-state index in [9.17, 15) is 14.5 Å². The summed E-state index contributed by atoms with van der Waals surface area (Å²) in [4.78, 5) is 10.5. The second-order valence-electron chi connectivity index (χ2n) is 4.32.